The van der Waals surface area contributed by atoms with Crippen molar-refractivity contribution in [3.63, 3.8) is 0 Å². The first kappa shape index (κ1) is 9.36. The molecular weight excluding hydrogens is 188 g/mol. The minimum Gasteiger partial charge on any atom is -0.318 e. The average Bonchev–Trinajstić information content (AvgIpc) is 2.78. The molecule has 0 saturated carbocycles. The number of aryl methyl sites for hydroxylation is 1. The summed E-state index contributed by atoms with van der Waals surface area (Å²) in [5, 5.41) is 3.41. The molecule has 0 bridgehead atoms. The Morgan fingerprint density at radius 2 is 2.20 bits per heavy atom. The zero-order valence-electron chi connectivity index (χ0n) is 9.02. The maximum absolute atomic E-state index is 4.27. The molecule has 1 unspecified atom stereocenters. The Bertz CT molecular complexity index is 327. The SMILES string of the molecule is c1ncn2c1CCCC2N1CCNCC1. The lowest BCUT2D eigenvalue weighted by Gasteiger charge is -2.38. The van der Waals surface area contributed by atoms with Gasteiger partial charge in [0.05, 0.1) is 12.5 Å². The van der Waals surface area contributed by atoms with E-state index in [2.05, 4.69) is 19.8 Å². The van der Waals surface area contributed by atoms with Gasteiger partial charge in [0.15, 0.2) is 0 Å². The minimum absolute atomic E-state index is 0.568. The Kier molecular flexibility index (Phi) is 2.46. The normalized spacial score (nSPS) is 27.6. The number of fused-ring (bicyclic) bond motifs is 1. The highest BCUT2D eigenvalue weighted by molar-refractivity contribution is 5.03. The molecule has 0 radical (unpaired) electrons. The van der Waals surface area contributed by atoms with Crippen molar-refractivity contribution < 1.29 is 0 Å². The Balaban J connectivity index is 1.82. The quantitative estimate of drug-likeness (QED) is 0.731. The summed E-state index contributed by atoms with van der Waals surface area (Å²) in [4.78, 5) is 6.85. The zero-order valence-corrected chi connectivity index (χ0v) is 9.02. The monoisotopic (exact) mass is 206 g/mol. The minimum atomic E-state index is 0.568. The summed E-state index contributed by atoms with van der Waals surface area (Å²) < 4.78 is 2.37. The largest absolute Gasteiger partial charge is 0.318 e. The summed E-state index contributed by atoms with van der Waals surface area (Å²) in [5.74, 6) is 0. The molecule has 3 rings (SSSR count). The van der Waals surface area contributed by atoms with Gasteiger partial charge in [-0.25, -0.2) is 4.98 Å². The molecule has 82 valence electrons. The molecule has 1 aromatic heterocycles. The lowest BCUT2D eigenvalue weighted by atomic mass is 10.1. The first-order valence-corrected chi connectivity index (χ1v) is 5.90. The molecule has 1 N–H and O–H groups in total. The molecule has 1 fully saturated rings. The molecule has 2 aliphatic heterocycles. The second kappa shape index (κ2) is 3.94. The Morgan fingerprint density at radius 1 is 1.33 bits per heavy atom. The van der Waals surface area contributed by atoms with E-state index < -0.39 is 0 Å². The molecule has 0 aliphatic carbocycles. The van der Waals surface area contributed by atoms with Crippen LogP contribution in [0.15, 0.2) is 12.5 Å². The van der Waals surface area contributed by atoms with Crippen LogP contribution in [-0.2, 0) is 6.42 Å². The summed E-state index contributed by atoms with van der Waals surface area (Å²) >= 11 is 0. The third-order valence-electron chi connectivity index (χ3n) is 3.54. The molecule has 4 heteroatoms. The molecule has 2 aliphatic rings. The van der Waals surface area contributed by atoms with E-state index in [1.165, 1.54) is 38.0 Å². The van der Waals surface area contributed by atoms with Crippen molar-refractivity contribution in [3.05, 3.63) is 18.2 Å². The van der Waals surface area contributed by atoms with Crippen LogP contribution in [0.1, 0.15) is 24.7 Å². The summed E-state index contributed by atoms with van der Waals surface area (Å²) in [7, 11) is 0. The van der Waals surface area contributed by atoms with Gasteiger partial charge in [-0.1, -0.05) is 0 Å². The number of nitrogens with zero attached hydrogens (tertiary/aromatic N) is 3. The van der Waals surface area contributed by atoms with Crippen LogP contribution in [0.25, 0.3) is 0 Å². The van der Waals surface area contributed by atoms with Crippen LogP contribution in [0.5, 0.6) is 0 Å². The van der Waals surface area contributed by atoms with Gasteiger partial charge in [-0.2, -0.15) is 0 Å². The van der Waals surface area contributed by atoms with Crippen molar-refractivity contribution in [3.8, 4) is 0 Å². The molecular formula is C11H18N4. The van der Waals surface area contributed by atoms with Crippen molar-refractivity contribution in [2.45, 2.75) is 25.4 Å². The molecule has 15 heavy (non-hydrogen) atoms. The third kappa shape index (κ3) is 1.68. The number of nitrogens with one attached hydrogen (secondary N) is 1. The fraction of sp³-hybridized carbons (Fsp3) is 0.727. The number of imidazole rings is 1. The number of aromatic nitrogens is 2. The molecule has 0 amide bonds. The Labute approximate surface area is 90.3 Å². The Hall–Kier alpha value is -0.870. The highest BCUT2D eigenvalue weighted by Gasteiger charge is 2.25. The predicted octanol–water partition coefficient (Wildman–Crippen LogP) is 0.623. The molecule has 3 heterocycles. The number of hydrogen-bond acceptors (Lipinski definition) is 3. The van der Waals surface area contributed by atoms with Gasteiger partial charge in [0.1, 0.15) is 0 Å². The highest BCUT2D eigenvalue weighted by atomic mass is 15.3. The fourth-order valence-electron chi connectivity index (χ4n) is 2.74. The third-order valence-corrected chi connectivity index (χ3v) is 3.54. The van der Waals surface area contributed by atoms with Crippen LogP contribution in [-0.4, -0.2) is 40.6 Å². The van der Waals surface area contributed by atoms with Crippen LogP contribution < -0.4 is 5.32 Å². The van der Waals surface area contributed by atoms with Crippen molar-refractivity contribution >= 4 is 0 Å². The number of piperazine rings is 1. The van der Waals surface area contributed by atoms with Crippen LogP contribution >= 0.6 is 0 Å². The first-order chi connectivity index (χ1) is 7.45. The molecule has 0 aromatic carbocycles. The molecule has 1 aromatic rings. The van der Waals surface area contributed by atoms with Gasteiger partial charge >= 0.3 is 0 Å². The van der Waals surface area contributed by atoms with Crippen LogP contribution in [0, 0.1) is 0 Å². The summed E-state index contributed by atoms with van der Waals surface area (Å²) in [6.45, 7) is 4.59. The zero-order chi connectivity index (χ0) is 10.1. The molecule has 4 nitrogen and oxygen atoms in total. The first-order valence-electron chi connectivity index (χ1n) is 5.90. The van der Waals surface area contributed by atoms with Gasteiger partial charge in [0, 0.05) is 38.1 Å². The van der Waals surface area contributed by atoms with Crippen LogP contribution in [0.3, 0.4) is 0 Å². The average molecular weight is 206 g/mol. The van der Waals surface area contributed by atoms with Crippen molar-refractivity contribution in [2.24, 2.45) is 0 Å². The van der Waals surface area contributed by atoms with Gasteiger partial charge < -0.3 is 9.88 Å². The van der Waals surface area contributed by atoms with Gasteiger partial charge in [-0.05, 0) is 19.3 Å². The van der Waals surface area contributed by atoms with E-state index in [1.54, 1.807) is 0 Å². The van der Waals surface area contributed by atoms with Crippen molar-refractivity contribution in [1.29, 1.82) is 0 Å². The second-order valence-electron chi connectivity index (χ2n) is 4.45. The van der Waals surface area contributed by atoms with E-state index in [9.17, 15) is 0 Å². The van der Waals surface area contributed by atoms with E-state index >= 15 is 0 Å². The molecule has 1 atom stereocenters. The predicted molar refractivity (Wildman–Crippen MR) is 58.6 cm³/mol. The van der Waals surface area contributed by atoms with Crippen LogP contribution in [0.2, 0.25) is 0 Å². The standard InChI is InChI=1S/C11H18N4/c1-2-10-8-13-9-15(10)11(3-1)14-6-4-12-5-7-14/h8-9,11-12H,1-7H2. The molecule has 1 saturated heterocycles. The lowest BCUT2D eigenvalue weighted by molar-refractivity contribution is 0.101. The van der Waals surface area contributed by atoms with E-state index in [-0.39, 0.29) is 0 Å². The number of rotatable bonds is 1. The highest BCUT2D eigenvalue weighted by Crippen LogP contribution is 2.27. The van der Waals surface area contributed by atoms with E-state index in [0.29, 0.717) is 6.17 Å². The van der Waals surface area contributed by atoms with Gasteiger partial charge in [0.2, 0.25) is 0 Å². The van der Waals surface area contributed by atoms with Crippen LogP contribution in [0.4, 0.5) is 0 Å². The Morgan fingerprint density at radius 3 is 3.07 bits per heavy atom. The van der Waals surface area contributed by atoms with Gasteiger partial charge in [-0.15, -0.1) is 0 Å². The van der Waals surface area contributed by atoms with E-state index in [4.69, 9.17) is 0 Å². The lowest BCUT2D eigenvalue weighted by Crippen LogP contribution is -2.47. The summed E-state index contributed by atoms with van der Waals surface area (Å²) in [5.41, 5.74) is 1.41. The van der Waals surface area contributed by atoms with E-state index in [0.717, 1.165) is 13.1 Å². The summed E-state index contributed by atoms with van der Waals surface area (Å²) in [6.07, 6.45) is 8.38. The second-order valence-corrected chi connectivity index (χ2v) is 4.45. The van der Waals surface area contributed by atoms with E-state index in [1.807, 2.05) is 12.5 Å². The van der Waals surface area contributed by atoms with Crippen molar-refractivity contribution in [2.75, 3.05) is 26.2 Å². The molecule has 0 spiro atoms. The van der Waals surface area contributed by atoms with Gasteiger partial charge in [-0.3, -0.25) is 4.90 Å². The topological polar surface area (TPSA) is 33.1 Å². The maximum atomic E-state index is 4.27. The fourth-order valence-corrected chi connectivity index (χ4v) is 2.74. The van der Waals surface area contributed by atoms with Gasteiger partial charge in [0.25, 0.3) is 0 Å². The maximum Gasteiger partial charge on any atom is 0.0961 e. The summed E-state index contributed by atoms with van der Waals surface area (Å²) in [6, 6.07) is 0. The smallest absolute Gasteiger partial charge is 0.0961 e. The van der Waals surface area contributed by atoms with Crippen molar-refractivity contribution in [1.82, 2.24) is 19.8 Å². The number of hydrogen-bond donors (Lipinski definition) is 1.